The first-order valence-electron chi connectivity index (χ1n) is 8.94. The van der Waals surface area contributed by atoms with Crippen LogP contribution in [0.3, 0.4) is 0 Å². The van der Waals surface area contributed by atoms with Crippen molar-refractivity contribution in [2.75, 3.05) is 11.9 Å². The van der Waals surface area contributed by atoms with E-state index < -0.39 is 10.0 Å². The fourth-order valence-electron chi connectivity index (χ4n) is 3.63. The molecule has 6 heteroatoms. The van der Waals surface area contributed by atoms with E-state index in [0.29, 0.717) is 5.02 Å². The van der Waals surface area contributed by atoms with Gasteiger partial charge in [-0.1, -0.05) is 36.6 Å². The maximum Gasteiger partial charge on any atom is 0.240 e. The van der Waals surface area contributed by atoms with Gasteiger partial charge in [0.15, 0.2) is 0 Å². The summed E-state index contributed by atoms with van der Waals surface area (Å²) in [6, 6.07) is 14.6. The largest absolute Gasteiger partial charge is 0.370 e. The Bertz CT molecular complexity index is 852. The highest BCUT2D eigenvalue weighted by molar-refractivity contribution is 7.89. The second-order valence-electron chi connectivity index (χ2n) is 6.98. The molecular formula is C20H25ClN2O2S. The lowest BCUT2D eigenvalue weighted by Crippen LogP contribution is -2.52. The molecule has 2 aromatic carbocycles. The van der Waals surface area contributed by atoms with Crippen LogP contribution in [0.2, 0.25) is 5.02 Å². The fourth-order valence-corrected chi connectivity index (χ4v) is 5.06. The zero-order valence-corrected chi connectivity index (χ0v) is 16.7. The molecule has 1 aliphatic rings. The van der Waals surface area contributed by atoms with E-state index in [4.69, 9.17) is 11.6 Å². The minimum absolute atomic E-state index is 0.116. The number of likely N-dealkylation sites (N-methyl/N-ethyl adjacent to an activating group) is 1. The van der Waals surface area contributed by atoms with Crippen LogP contribution in [0.5, 0.6) is 0 Å². The summed E-state index contributed by atoms with van der Waals surface area (Å²) in [7, 11) is -1.52. The number of sulfonamides is 1. The summed E-state index contributed by atoms with van der Waals surface area (Å²) in [5, 5.41) is 0.527. The molecule has 0 saturated heterocycles. The lowest BCUT2D eigenvalue weighted by molar-refractivity contribution is 0.351. The van der Waals surface area contributed by atoms with E-state index in [2.05, 4.69) is 34.7 Å². The Kier molecular flexibility index (Phi) is 5.90. The molecule has 0 spiro atoms. The summed E-state index contributed by atoms with van der Waals surface area (Å²) in [4.78, 5) is 2.46. The molecular weight excluding hydrogens is 368 g/mol. The van der Waals surface area contributed by atoms with Crippen LogP contribution < -0.4 is 9.62 Å². The first-order chi connectivity index (χ1) is 12.4. The standard InChI is InChI=1S/C20H25ClN2O2S/c1-15-6-5-7-17(14-15)23(2)20-9-4-3-8-19(20)22-26(24,25)18-12-10-16(21)11-13-18/h5-7,10-14,19-20,22H,3-4,8-9H2,1-2H3/t19-,20+/m0/s1. The van der Waals surface area contributed by atoms with E-state index in [-0.39, 0.29) is 17.0 Å². The van der Waals surface area contributed by atoms with Crippen LogP contribution in [0.1, 0.15) is 31.2 Å². The molecule has 2 atom stereocenters. The van der Waals surface area contributed by atoms with E-state index in [1.54, 1.807) is 24.3 Å². The zero-order chi connectivity index (χ0) is 18.7. The molecule has 0 amide bonds. The minimum Gasteiger partial charge on any atom is -0.370 e. The van der Waals surface area contributed by atoms with E-state index >= 15 is 0 Å². The number of hydrogen-bond donors (Lipinski definition) is 1. The number of nitrogens with zero attached hydrogens (tertiary/aromatic N) is 1. The Hall–Kier alpha value is -1.56. The highest BCUT2D eigenvalue weighted by Gasteiger charge is 2.32. The van der Waals surface area contributed by atoms with Gasteiger partial charge in [-0.3, -0.25) is 0 Å². The number of benzene rings is 2. The molecule has 1 saturated carbocycles. The monoisotopic (exact) mass is 392 g/mol. The molecule has 0 aromatic heterocycles. The van der Waals surface area contributed by atoms with Crippen LogP contribution in [0, 0.1) is 6.92 Å². The quantitative estimate of drug-likeness (QED) is 0.821. The van der Waals surface area contributed by atoms with Crippen molar-refractivity contribution in [2.45, 2.75) is 49.6 Å². The third kappa shape index (κ3) is 4.40. The maximum absolute atomic E-state index is 12.8. The van der Waals surface area contributed by atoms with E-state index in [1.165, 1.54) is 5.56 Å². The predicted molar refractivity (Wildman–Crippen MR) is 107 cm³/mol. The Morgan fingerprint density at radius 1 is 1.08 bits per heavy atom. The van der Waals surface area contributed by atoms with Crippen molar-refractivity contribution in [1.29, 1.82) is 0 Å². The van der Waals surface area contributed by atoms with Crippen LogP contribution in [-0.2, 0) is 10.0 Å². The van der Waals surface area contributed by atoms with E-state index in [9.17, 15) is 8.42 Å². The van der Waals surface area contributed by atoms with Crippen LogP contribution in [0.25, 0.3) is 0 Å². The number of rotatable bonds is 5. The molecule has 1 N–H and O–H groups in total. The van der Waals surface area contributed by atoms with Gasteiger partial charge >= 0.3 is 0 Å². The molecule has 2 aromatic rings. The van der Waals surface area contributed by atoms with Crippen molar-refractivity contribution in [3.63, 3.8) is 0 Å². The number of nitrogens with one attached hydrogen (secondary N) is 1. The van der Waals surface area contributed by atoms with Crippen LogP contribution in [0.4, 0.5) is 5.69 Å². The predicted octanol–water partition coefficient (Wildman–Crippen LogP) is 4.37. The summed E-state index contributed by atoms with van der Waals surface area (Å²) in [6.45, 7) is 2.07. The van der Waals surface area contributed by atoms with Crippen molar-refractivity contribution in [3.8, 4) is 0 Å². The highest BCUT2D eigenvalue weighted by atomic mass is 35.5. The Labute approximate surface area is 161 Å². The number of halogens is 1. The third-order valence-corrected chi connectivity index (χ3v) is 6.82. The highest BCUT2D eigenvalue weighted by Crippen LogP contribution is 2.28. The van der Waals surface area contributed by atoms with Gasteiger partial charge in [-0.2, -0.15) is 0 Å². The first-order valence-corrected chi connectivity index (χ1v) is 10.8. The number of hydrogen-bond acceptors (Lipinski definition) is 3. The Morgan fingerprint density at radius 3 is 2.46 bits per heavy atom. The summed E-state index contributed by atoms with van der Waals surface area (Å²) in [6.07, 6.45) is 3.96. The van der Waals surface area contributed by atoms with Crippen LogP contribution >= 0.6 is 11.6 Å². The van der Waals surface area contributed by atoms with Crippen molar-refractivity contribution in [3.05, 3.63) is 59.1 Å². The summed E-state index contributed by atoms with van der Waals surface area (Å²) >= 11 is 5.88. The van der Waals surface area contributed by atoms with Crippen LogP contribution in [0.15, 0.2) is 53.4 Å². The minimum atomic E-state index is -3.57. The van der Waals surface area contributed by atoms with Gasteiger partial charge in [-0.25, -0.2) is 13.1 Å². The van der Waals surface area contributed by atoms with Gasteiger partial charge in [0.2, 0.25) is 10.0 Å². The molecule has 0 radical (unpaired) electrons. The van der Waals surface area contributed by atoms with Crippen molar-refractivity contribution in [2.24, 2.45) is 0 Å². The average Bonchev–Trinajstić information content (AvgIpc) is 2.62. The molecule has 4 nitrogen and oxygen atoms in total. The molecule has 1 aliphatic carbocycles. The lowest BCUT2D eigenvalue weighted by atomic mass is 9.89. The van der Waals surface area contributed by atoms with Crippen molar-refractivity contribution >= 4 is 27.3 Å². The van der Waals surface area contributed by atoms with Gasteiger partial charge in [-0.05, 0) is 61.7 Å². The SMILES string of the molecule is Cc1cccc(N(C)[C@@H]2CCCC[C@@H]2NS(=O)(=O)c2ccc(Cl)cc2)c1. The van der Waals surface area contributed by atoms with Gasteiger partial charge in [0.1, 0.15) is 0 Å². The lowest BCUT2D eigenvalue weighted by Gasteiger charge is -2.39. The zero-order valence-electron chi connectivity index (χ0n) is 15.2. The Morgan fingerprint density at radius 2 is 1.77 bits per heavy atom. The second-order valence-corrected chi connectivity index (χ2v) is 9.13. The van der Waals surface area contributed by atoms with Gasteiger partial charge in [0, 0.05) is 29.8 Å². The topological polar surface area (TPSA) is 49.4 Å². The molecule has 0 unspecified atom stereocenters. The third-order valence-electron chi connectivity index (χ3n) is 5.07. The molecule has 1 fully saturated rings. The molecule has 26 heavy (non-hydrogen) atoms. The number of aryl methyl sites for hydroxylation is 1. The van der Waals surface area contributed by atoms with Crippen molar-refractivity contribution < 1.29 is 8.42 Å². The van der Waals surface area contributed by atoms with E-state index in [0.717, 1.165) is 31.4 Å². The Balaban J connectivity index is 1.81. The van der Waals surface area contributed by atoms with E-state index in [1.807, 2.05) is 13.1 Å². The van der Waals surface area contributed by atoms with Crippen molar-refractivity contribution in [1.82, 2.24) is 4.72 Å². The first kappa shape index (κ1) is 19.2. The van der Waals surface area contributed by atoms with Gasteiger partial charge < -0.3 is 4.90 Å². The summed E-state index contributed by atoms with van der Waals surface area (Å²) < 4.78 is 28.5. The number of anilines is 1. The molecule has 140 valence electrons. The van der Waals surface area contributed by atoms with Gasteiger partial charge in [-0.15, -0.1) is 0 Å². The smallest absolute Gasteiger partial charge is 0.240 e. The molecule has 0 bridgehead atoms. The van der Waals surface area contributed by atoms with Crippen LogP contribution in [-0.4, -0.2) is 27.5 Å². The maximum atomic E-state index is 12.8. The fraction of sp³-hybridized carbons (Fsp3) is 0.400. The van der Waals surface area contributed by atoms with Gasteiger partial charge in [0.05, 0.1) is 4.90 Å². The molecule has 0 aliphatic heterocycles. The van der Waals surface area contributed by atoms with Gasteiger partial charge in [0.25, 0.3) is 0 Å². The summed E-state index contributed by atoms with van der Waals surface area (Å²) in [5.74, 6) is 0. The molecule has 0 heterocycles. The normalized spacial score (nSPS) is 20.7. The summed E-state index contributed by atoms with van der Waals surface area (Å²) in [5.41, 5.74) is 2.32. The average molecular weight is 393 g/mol. The molecule has 3 rings (SSSR count). The second kappa shape index (κ2) is 7.99.